The van der Waals surface area contributed by atoms with E-state index in [0.29, 0.717) is 0 Å². The zero-order valence-electron chi connectivity index (χ0n) is 14.1. The van der Waals surface area contributed by atoms with Crippen molar-refractivity contribution >= 4 is 0 Å². The van der Waals surface area contributed by atoms with Crippen LogP contribution < -0.4 is 0 Å². The van der Waals surface area contributed by atoms with Gasteiger partial charge in [0.25, 0.3) is 0 Å². The van der Waals surface area contributed by atoms with Crippen molar-refractivity contribution in [3.05, 3.63) is 11.8 Å². The lowest BCUT2D eigenvalue weighted by atomic mass is 10.1. The average molecular weight is 280 g/mol. The molecule has 1 fully saturated rings. The number of hydrogen-bond donors (Lipinski definition) is 0. The number of likely N-dealkylation sites (tertiary alicyclic amines) is 1. The van der Waals surface area contributed by atoms with Crippen LogP contribution in [0.15, 0.2) is 11.8 Å². The van der Waals surface area contributed by atoms with Gasteiger partial charge in [0, 0.05) is 18.8 Å². The van der Waals surface area contributed by atoms with Gasteiger partial charge in [0.15, 0.2) is 0 Å². The molecule has 0 saturated carbocycles. The van der Waals surface area contributed by atoms with E-state index < -0.39 is 0 Å². The van der Waals surface area contributed by atoms with Crippen molar-refractivity contribution in [3.8, 4) is 0 Å². The molecule has 1 saturated heterocycles. The fraction of sp³-hybridized carbons (Fsp3) is 0.895. The first kappa shape index (κ1) is 17.6. The van der Waals surface area contributed by atoms with E-state index in [1.54, 1.807) is 5.70 Å². The Kier molecular flexibility index (Phi) is 10.8. The highest BCUT2D eigenvalue weighted by Crippen LogP contribution is 2.22. The fourth-order valence-corrected chi connectivity index (χ4v) is 3.23. The van der Waals surface area contributed by atoms with E-state index in [2.05, 4.69) is 24.8 Å². The minimum atomic E-state index is 1.27. The van der Waals surface area contributed by atoms with Gasteiger partial charge in [0.2, 0.25) is 0 Å². The summed E-state index contributed by atoms with van der Waals surface area (Å²) in [5, 5.41) is 0. The van der Waals surface area contributed by atoms with Crippen molar-refractivity contribution in [2.45, 2.75) is 97.3 Å². The molecule has 0 N–H and O–H groups in total. The van der Waals surface area contributed by atoms with Crippen molar-refractivity contribution in [1.29, 1.82) is 0 Å². The molecule has 0 aromatic carbocycles. The molecule has 118 valence electrons. The van der Waals surface area contributed by atoms with E-state index in [1.807, 2.05) is 0 Å². The van der Waals surface area contributed by atoms with Crippen molar-refractivity contribution in [1.82, 2.24) is 4.90 Å². The molecular formula is C19H37N. The zero-order valence-corrected chi connectivity index (χ0v) is 14.1. The Hall–Kier alpha value is -0.460. The normalized spacial score (nSPS) is 17.3. The van der Waals surface area contributed by atoms with Crippen LogP contribution in [0.25, 0.3) is 0 Å². The SMILES string of the molecule is CCCCCCCCCCCC=C1CCCN1CCC. The summed E-state index contributed by atoms with van der Waals surface area (Å²) >= 11 is 0. The van der Waals surface area contributed by atoms with Crippen molar-refractivity contribution in [2.24, 2.45) is 0 Å². The minimum absolute atomic E-state index is 1.27. The molecule has 0 spiro atoms. The van der Waals surface area contributed by atoms with Crippen LogP contribution in [-0.4, -0.2) is 18.0 Å². The van der Waals surface area contributed by atoms with Gasteiger partial charge in [-0.05, 0) is 32.1 Å². The molecule has 0 radical (unpaired) electrons. The van der Waals surface area contributed by atoms with Gasteiger partial charge in [-0.3, -0.25) is 0 Å². The largest absolute Gasteiger partial charge is 0.375 e. The second kappa shape index (κ2) is 12.3. The average Bonchev–Trinajstić information content (AvgIpc) is 2.89. The van der Waals surface area contributed by atoms with Gasteiger partial charge in [-0.1, -0.05) is 71.3 Å². The maximum Gasteiger partial charge on any atom is 0.0178 e. The van der Waals surface area contributed by atoms with E-state index in [4.69, 9.17) is 0 Å². The lowest BCUT2D eigenvalue weighted by Crippen LogP contribution is -2.18. The maximum atomic E-state index is 2.60. The third-order valence-corrected chi connectivity index (χ3v) is 4.45. The standard InChI is InChI=1S/C19H37N/c1-3-5-6-7-8-9-10-11-12-13-15-19-16-14-18-20(19)17-4-2/h15H,3-14,16-18H2,1-2H3. The Morgan fingerprint density at radius 2 is 1.50 bits per heavy atom. The summed E-state index contributed by atoms with van der Waals surface area (Å²) in [5.74, 6) is 0. The first-order valence-corrected chi connectivity index (χ1v) is 9.32. The van der Waals surface area contributed by atoms with Gasteiger partial charge >= 0.3 is 0 Å². The lowest BCUT2D eigenvalue weighted by Gasteiger charge is -2.18. The number of hydrogen-bond acceptors (Lipinski definition) is 1. The predicted molar refractivity (Wildman–Crippen MR) is 91.0 cm³/mol. The fourth-order valence-electron chi connectivity index (χ4n) is 3.23. The highest BCUT2D eigenvalue weighted by molar-refractivity contribution is 5.05. The van der Waals surface area contributed by atoms with Crippen LogP contribution in [0.4, 0.5) is 0 Å². The Morgan fingerprint density at radius 1 is 0.850 bits per heavy atom. The Balaban J connectivity index is 1.93. The Labute approximate surface area is 127 Å². The minimum Gasteiger partial charge on any atom is -0.375 e. The number of rotatable bonds is 12. The van der Waals surface area contributed by atoms with Crippen molar-refractivity contribution < 1.29 is 0 Å². The van der Waals surface area contributed by atoms with Gasteiger partial charge in [0.1, 0.15) is 0 Å². The molecule has 0 atom stereocenters. The molecule has 20 heavy (non-hydrogen) atoms. The molecule has 1 aliphatic rings. The number of nitrogens with zero attached hydrogens (tertiary/aromatic N) is 1. The van der Waals surface area contributed by atoms with Gasteiger partial charge in [0.05, 0.1) is 0 Å². The summed E-state index contributed by atoms with van der Waals surface area (Å²) in [6.45, 7) is 7.15. The van der Waals surface area contributed by atoms with Gasteiger partial charge in [-0.2, -0.15) is 0 Å². The Morgan fingerprint density at radius 3 is 2.15 bits per heavy atom. The lowest BCUT2D eigenvalue weighted by molar-refractivity contribution is 0.390. The van der Waals surface area contributed by atoms with E-state index in [-0.39, 0.29) is 0 Å². The quantitative estimate of drug-likeness (QED) is 0.379. The monoisotopic (exact) mass is 279 g/mol. The molecule has 1 rings (SSSR count). The molecule has 1 nitrogen and oxygen atoms in total. The van der Waals surface area contributed by atoms with Crippen LogP contribution >= 0.6 is 0 Å². The molecule has 0 aliphatic carbocycles. The van der Waals surface area contributed by atoms with Crippen molar-refractivity contribution in [2.75, 3.05) is 13.1 Å². The summed E-state index contributed by atoms with van der Waals surface area (Å²) in [6, 6.07) is 0. The van der Waals surface area contributed by atoms with Gasteiger partial charge in [-0.25, -0.2) is 0 Å². The molecule has 1 heteroatoms. The van der Waals surface area contributed by atoms with E-state index in [1.165, 1.54) is 96.6 Å². The van der Waals surface area contributed by atoms with Crippen LogP contribution in [-0.2, 0) is 0 Å². The smallest absolute Gasteiger partial charge is 0.0178 e. The summed E-state index contributed by atoms with van der Waals surface area (Å²) in [7, 11) is 0. The van der Waals surface area contributed by atoms with Crippen LogP contribution in [0.5, 0.6) is 0 Å². The van der Waals surface area contributed by atoms with E-state index in [0.717, 1.165) is 0 Å². The molecule has 0 aromatic rings. The maximum absolute atomic E-state index is 2.60. The summed E-state index contributed by atoms with van der Waals surface area (Å²) in [4.78, 5) is 2.60. The summed E-state index contributed by atoms with van der Waals surface area (Å²) in [5.41, 5.74) is 1.64. The Bertz CT molecular complexity index is 244. The second-order valence-corrected chi connectivity index (χ2v) is 6.40. The predicted octanol–water partition coefficient (Wildman–Crippen LogP) is 6.30. The van der Waals surface area contributed by atoms with Gasteiger partial charge < -0.3 is 4.90 Å². The molecule has 0 bridgehead atoms. The van der Waals surface area contributed by atoms with E-state index in [9.17, 15) is 0 Å². The first-order valence-electron chi connectivity index (χ1n) is 9.32. The zero-order chi connectivity index (χ0) is 14.5. The molecule has 0 amide bonds. The third kappa shape index (κ3) is 7.97. The van der Waals surface area contributed by atoms with Crippen LogP contribution in [0.3, 0.4) is 0 Å². The van der Waals surface area contributed by atoms with E-state index >= 15 is 0 Å². The molecule has 1 heterocycles. The second-order valence-electron chi connectivity index (χ2n) is 6.40. The topological polar surface area (TPSA) is 3.24 Å². The summed E-state index contributed by atoms with van der Waals surface area (Å²) in [6.07, 6.45) is 20.8. The van der Waals surface area contributed by atoms with Crippen molar-refractivity contribution in [3.63, 3.8) is 0 Å². The molecular weight excluding hydrogens is 242 g/mol. The van der Waals surface area contributed by atoms with Crippen LogP contribution in [0.1, 0.15) is 97.3 Å². The molecule has 1 aliphatic heterocycles. The number of unbranched alkanes of at least 4 members (excludes halogenated alkanes) is 9. The molecule has 0 aromatic heterocycles. The highest BCUT2D eigenvalue weighted by atomic mass is 15.1. The van der Waals surface area contributed by atoms with Gasteiger partial charge in [-0.15, -0.1) is 0 Å². The first-order chi connectivity index (χ1) is 9.88. The van der Waals surface area contributed by atoms with Crippen LogP contribution in [0, 0.1) is 0 Å². The third-order valence-electron chi connectivity index (χ3n) is 4.45. The summed E-state index contributed by atoms with van der Waals surface area (Å²) < 4.78 is 0. The number of allylic oxidation sites excluding steroid dienone is 2. The molecule has 0 unspecified atom stereocenters. The van der Waals surface area contributed by atoms with Crippen LogP contribution in [0.2, 0.25) is 0 Å². The highest BCUT2D eigenvalue weighted by Gasteiger charge is 2.14.